The molecule has 19 heavy (non-hydrogen) atoms. The maximum Gasteiger partial charge on any atom is 0.264 e. The molecule has 1 heterocycles. The van der Waals surface area contributed by atoms with Crippen LogP contribution < -0.4 is 5.73 Å². The Hall–Kier alpha value is -0.950. The van der Waals surface area contributed by atoms with E-state index < -0.39 is 10.1 Å². The maximum absolute atomic E-state index is 11.2. The van der Waals surface area contributed by atoms with Crippen molar-refractivity contribution in [3.05, 3.63) is 35.9 Å². The lowest BCUT2D eigenvalue weighted by molar-refractivity contribution is 0.178. The van der Waals surface area contributed by atoms with Crippen LogP contribution in [-0.4, -0.2) is 45.3 Å². The number of nitrogens with two attached hydrogens (primary N) is 1. The lowest BCUT2D eigenvalue weighted by Gasteiger charge is -2.15. The van der Waals surface area contributed by atoms with Gasteiger partial charge in [-0.1, -0.05) is 30.3 Å². The number of benzene rings is 1. The van der Waals surface area contributed by atoms with Crippen molar-refractivity contribution in [1.29, 1.82) is 0 Å². The van der Waals surface area contributed by atoms with Gasteiger partial charge in [-0.25, -0.2) is 0 Å². The first-order chi connectivity index (χ1) is 8.98. The van der Waals surface area contributed by atoms with E-state index in [-0.39, 0.29) is 12.0 Å². The summed E-state index contributed by atoms with van der Waals surface area (Å²) in [5, 5.41) is 0. The fourth-order valence-corrected chi connectivity index (χ4v) is 3.12. The number of hydrogen-bond donors (Lipinski definition) is 1. The Balaban J connectivity index is 1.99. The first-order valence-corrected chi connectivity index (χ1v) is 8.14. The SMILES string of the molecule is CS(=O)(=O)OC1CN(Cc2ccccc2)CC1CN. The van der Waals surface area contributed by atoms with Gasteiger partial charge in [0, 0.05) is 25.6 Å². The van der Waals surface area contributed by atoms with E-state index in [1.54, 1.807) is 0 Å². The minimum absolute atomic E-state index is 0.0680. The molecule has 0 spiro atoms. The Labute approximate surface area is 114 Å². The number of hydrogen-bond acceptors (Lipinski definition) is 5. The summed E-state index contributed by atoms with van der Waals surface area (Å²) in [5.74, 6) is 0.0680. The molecule has 1 aliphatic rings. The van der Waals surface area contributed by atoms with Gasteiger partial charge in [-0.2, -0.15) is 8.42 Å². The average molecular weight is 284 g/mol. The van der Waals surface area contributed by atoms with Crippen LogP contribution in [0.2, 0.25) is 0 Å². The van der Waals surface area contributed by atoms with Crippen LogP contribution in [0.1, 0.15) is 5.56 Å². The average Bonchev–Trinajstić information content (AvgIpc) is 2.70. The first kappa shape index (κ1) is 14.5. The monoisotopic (exact) mass is 284 g/mol. The van der Waals surface area contributed by atoms with Crippen LogP contribution in [0.4, 0.5) is 0 Å². The van der Waals surface area contributed by atoms with Gasteiger partial charge in [-0.15, -0.1) is 0 Å². The highest BCUT2D eigenvalue weighted by molar-refractivity contribution is 7.86. The van der Waals surface area contributed by atoms with E-state index in [9.17, 15) is 8.42 Å². The molecule has 1 fully saturated rings. The highest BCUT2D eigenvalue weighted by Crippen LogP contribution is 2.22. The van der Waals surface area contributed by atoms with Gasteiger partial charge in [0.1, 0.15) is 0 Å². The molecule has 1 saturated heterocycles. The summed E-state index contributed by atoms with van der Waals surface area (Å²) < 4.78 is 27.6. The van der Waals surface area contributed by atoms with E-state index >= 15 is 0 Å². The van der Waals surface area contributed by atoms with Crippen molar-refractivity contribution in [2.75, 3.05) is 25.9 Å². The van der Waals surface area contributed by atoms with Crippen LogP contribution in [0.15, 0.2) is 30.3 Å². The standard InChI is InChI=1S/C13H20N2O3S/c1-19(16,17)18-13-10-15(9-12(13)7-14)8-11-5-3-2-4-6-11/h2-6,12-13H,7-10,14H2,1H3. The van der Waals surface area contributed by atoms with E-state index in [0.717, 1.165) is 19.3 Å². The van der Waals surface area contributed by atoms with Crippen molar-refractivity contribution in [2.24, 2.45) is 11.7 Å². The summed E-state index contributed by atoms with van der Waals surface area (Å²) in [4.78, 5) is 2.18. The zero-order chi connectivity index (χ0) is 13.9. The molecule has 1 aromatic carbocycles. The molecule has 106 valence electrons. The van der Waals surface area contributed by atoms with Crippen molar-refractivity contribution in [1.82, 2.24) is 4.90 Å². The van der Waals surface area contributed by atoms with E-state index in [1.165, 1.54) is 5.56 Å². The molecular weight excluding hydrogens is 264 g/mol. The van der Waals surface area contributed by atoms with Gasteiger partial charge in [-0.05, 0) is 12.1 Å². The molecule has 1 aliphatic heterocycles. The first-order valence-electron chi connectivity index (χ1n) is 6.32. The predicted octanol–water partition coefficient (Wildman–Crippen LogP) is 0.422. The molecule has 2 rings (SSSR count). The number of rotatable bonds is 5. The molecule has 0 aliphatic carbocycles. The third-order valence-corrected chi connectivity index (χ3v) is 3.90. The van der Waals surface area contributed by atoms with Gasteiger partial charge >= 0.3 is 0 Å². The van der Waals surface area contributed by atoms with Crippen molar-refractivity contribution >= 4 is 10.1 Å². The van der Waals surface area contributed by atoms with Crippen molar-refractivity contribution < 1.29 is 12.6 Å². The van der Waals surface area contributed by atoms with E-state index in [4.69, 9.17) is 9.92 Å². The van der Waals surface area contributed by atoms with Crippen LogP contribution in [0, 0.1) is 5.92 Å². The minimum Gasteiger partial charge on any atom is -0.330 e. The van der Waals surface area contributed by atoms with Gasteiger partial charge in [0.25, 0.3) is 10.1 Å². The Bertz CT molecular complexity index is 504. The number of nitrogens with zero attached hydrogens (tertiary/aromatic N) is 1. The van der Waals surface area contributed by atoms with Crippen LogP contribution >= 0.6 is 0 Å². The van der Waals surface area contributed by atoms with E-state index in [2.05, 4.69) is 17.0 Å². The lowest BCUT2D eigenvalue weighted by Crippen LogP contribution is -2.30. The van der Waals surface area contributed by atoms with E-state index in [0.29, 0.717) is 13.1 Å². The molecule has 2 atom stereocenters. The zero-order valence-electron chi connectivity index (χ0n) is 11.0. The summed E-state index contributed by atoms with van der Waals surface area (Å²) in [6.07, 6.45) is 0.754. The van der Waals surface area contributed by atoms with Crippen molar-refractivity contribution in [3.63, 3.8) is 0 Å². The normalized spacial score (nSPS) is 24.7. The second kappa shape index (κ2) is 6.00. The lowest BCUT2D eigenvalue weighted by atomic mass is 10.1. The van der Waals surface area contributed by atoms with Gasteiger partial charge in [-0.3, -0.25) is 9.08 Å². The Morgan fingerprint density at radius 3 is 2.58 bits per heavy atom. The summed E-state index contributed by atoms with van der Waals surface area (Å²) in [7, 11) is -3.43. The minimum atomic E-state index is -3.43. The molecule has 0 radical (unpaired) electrons. The van der Waals surface area contributed by atoms with Gasteiger partial charge in [0.15, 0.2) is 0 Å². The fourth-order valence-electron chi connectivity index (χ4n) is 2.46. The second-order valence-corrected chi connectivity index (χ2v) is 6.61. The van der Waals surface area contributed by atoms with Crippen LogP contribution in [0.3, 0.4) is 0 Å². The molecule has 0 amide bonds. The zero-order valence-corrected chi connectivity index (χ0v) is 11.8. The van der Waals surface area contributed by atoms with Crippen molar-refractivity contribution in [2.45, 2.75) is 12.6 Å². The summed E-state index contributed by atoms with van der Waals surface area (Å²) >= 11 is 0. The smallest absolute Gasteiger partial charge is 0.264 e. The van der Waals surface area contributed by atoms with Crippen LogP contribution in [0.5, 0.6) is 0 Å². The molecule has 1 aromatic rings. The maximum atomic E-state index is 11.2. The molecule has 6 heteroatoms. The predicted molar refractivity (Wildman–Crippen MR) is 74.0 cm³/mol. The Morgan fingerprint density at radius 1 is 1.32 bits per heavy atom. The van der Waals surface area contributed by atoms with Gasteiger partial charge in [0.2, 0.25) is 0 Å². The quantitative estimate of drug-likeness (QED) is 0.793. The topological polar surface area (TPSA) is 72.6 Å². The Morgan fingerprint density at radius 2 is 2.00 bits per heavy atom. The highest BCUT2D eigenvalue weighted by Gasteiger charge is 2.34. The second-order valence-electron chi connectivity index (χ2n) is 5.01. The molecule has 2 unspecified atom stereocenters. The molecule has 0 saturated carbocycles. The van der Waals surface area contributed by atoms with Crippen molar-refractivity contribution in [3.8, 4) is 0 Å². The highest BCUT2D eigenvalue weighted by atomic mass is 32.2. The summed E-state index contributed by atoms with van der Waals surface area (Å²) in [6, 6.07) is 10.1. The van der Waals surface area contributed by atoms with Crippen LogP contribution in [0.25, 0.3) is 0 Å². The van der Waals surface area contributed by atoms with Gasteiger partial charge < -0.3 is 5.73 Å². The Kier molecular flexibility index (Phi) is 4.57. The molecule has 0 bridgehead atoms. The van der Waals surface area contributed by atoms with Gasteiger partial charge in [0.05, 0.1) is 12.4 Å². The molecule has 5 nitrogen and oxygen atoms in total. The van der Waals surface area contributed by atoms with Crippen LogP contribution in [-0.2, 0) is 20.8 Å². The summed E-state index contributed by atoms with van der Waals surface area (Å²) in [6.45, 7) is 2.60. The third kappa shape index (κ3) is 4.28. The molecular formula is C13H20N2O3S. The summed E-state index contributed by atoms with van der Waals surface area (Å²) in [5.41, 5.74) is 6.90. The third-order valence-electron chi connectivity index (χ3n) is 3.31. The number of likely N-dealkylation sites (tertiary alicyclic amines) is 1. The van der Waals surface area contributed by atoms with E-state index in [1.807, 2.05) is 18.2 Å². The molecule has 2 N–H and O–H groups in total. The fraction of sp³-hybridized carbons (Fsp3) is 0.538. The largest absolute Gasteiger partial charge is 0.330 e. The molecule has 0 aromatic heterocycles.